The summed E-state index contributed by atoms with van der Waals surface area (Å²) in [5.41, 5.74) is 1.86. The standard InChI is InChI=1S/C21H23N3O5/c1-13-9-18(26)20(21(28)24(13)8-7-15-11-22-12-23-15)17(10-19(27)29-2)14-3-5-16(25)6-4-14/h3-6,9,11-12,17,25-26H,7-8,10H2,1-2H3,(H,22,23). The molecule has 2 heterocycles. The van der Waals surface area contributed by atoms with Gasteiger partial charge >= 0.3 is 5.97 Å². The van der Waals surface area contributed by atoms with Gasteiger partial charge in [0.2, 0.25) is 0 Å². The molecule has 8 nitrogen and oxygen atoms in total. The van der Waals surface area contributed by atoms with Gasteiger partial charge in [-0.1, -0.05) is 12.1 Å². The molecule has 3 N–H and O–H groups in total. The van der Waals surface area contributed by atoms with Gasteiger partial charge in [-0.15, -0.1) is 0 Å². The summed E-state index contributed by atoms with van der Waals surface area (Å²) in [6.45, 7) is 2.13. The number of nitrogens with zero attached hydrogens (tertiary/aromatic N) is 2. The van der Waals surface area contributed by atoms with E-state index >= 15 is 0 Å². The van der Waals surface area contributed by atoms with Crippen LogP contribution in [0.4, 0.5) is 0 Å². The van der Waals surface area contributed by atoms with E-state index in [9.17, 15) is 19.8 Å². The zero-order valence-corrected chi connectivity index (χ0v) is 16.3. The van der Waals surface area contributed by atoms with Gasteiger partial charge in [-0.3, -0.25) is 9.59 Å². The predicted octanol–water partition coefficient (Wildman–Crippen LogP) is 2.23. The number of phenolic OH excluding ortho intramolecular Hbond substituents is 1. The Kier molecular flexibility index (Phi) is 6.01. The first kappa shape index (κ1) is 20.2. The maximum atomic E-state index is 13.3. The van der Waals surface area contributed by atoms with Crippen molar-refractivity contribution in [1.29, 1.82) is 0 Å². The van der Waals surface area contributed by atoms with Crippen molar-refractivity contribution in [2.45, 2.75) is 32.2 Å². The number of carbonyl (C=O) groups is 1. The molecule has 0 spiro atoms. The van der Waals surface area contributed by atoms with Crippen LogP contribution in [0.2, 0.25) is 0 Å². The Morgan fingerprint density at radius 2 is 2.00 bits per heavy atom. The highest BCUT2D eigenvalue weighted by molar-refractivity contribution is 5.71. The van der Waals surface area contributed by atoms with E-state index in [1.165, 1.54) is 25.3 Å². The molecule has 1 aromatic carbocycles. The molecule has 152 valence electrons. The molecule has 0 fully saturated rings. The molecule has 2 aromatic heterocycles. The smallest absolute Gasteiger partial charge is 0.306 e. The molecular formula is C21H23N3O5. The van der Waals surface area contributed by atoms with E-state index in [1.54, 1.807) is 36.1 Å². The first-order chi connectivity index (χ1) is 13.9. The Labute approximate surface area is 167 Å². The minimum absolute atomic E-state index is 0.0654. The van der Waals surface area contributed by atoms with Crippen molar-refractivity contribution in [2.24, 2.45) is 0 Å². The van der Waals surface area contributed by atoms with Gasteiger partial charge in [0, 0.05) is 36.5 Å². The molecule has 0 saturated carbocycles. The van der Waals surface area contributed by atoms with E-state index in [-0.39, 0.29) is 29.0 Å². The van der Waals surface area contributed by atoms with Gasteiger partial charge in [0.05, 0.1) is 25.4 Å². The third-order valence-electron chi connectivity index (χ3n) is 4.92. The van der Waals surface area contributed by atoms with Crippen molar-refractivity contribution < 1.29 is 19.7 Å². The zero-order valence-electron chi connectivity index (χ0n) is 16.3. The summed E-state index contributed by atoms with van der Waals surface area (Å²) in [6, 6.07) is 7.71. The molecule has 0 amide bonds. The average Bonchev–Trinajstić information content (AvgIpc) is 3.21. The molecule has 0 bridgehead atoms. The van der Waals surface area contributed by atoms with Crippen molar-refractivity contribution in [3.05, 3.63) is 75.7 Å². The summed E-state index contributed by atoms with van der Waals surface area (Å²) < 4.78 is 6.36. The van der Waals surface area contributed by atoms with E-state index in [1.807, 2.05) is 0 Å². The molecule has 8 heteroatoms. The lowest BCUT2D eigenvalue weighted by atomic mass is 9.88. The Morgan fingerprint density at radius 1 is 1.28 bits per heavy atom. The Balaban J connectivity index is 2.06. The highest BCUT2D eigenvalue weighted by atomic mass is 16.5. The second kappa shape index (κ2) is 8.64. The number of esters is 1. The highest BCUT2D eigenvalue weighted by Crippen LogP contribution is 2.33. The molecule has 0 radical (unpaired) electrons. The number of rotatable bonds is 7. The highest BCUT2D eigenvalue weighted by Gasteiger charge is 2.26. The lowest BCUT2D eigenvalue weighted by Crippen LogP contribution is -2.29. The molecule has 3 rings (SSSR count). The molecule has 0 aliphatic heterocycles. The van der Waals surface area contributed by atoms with Crippen molar-refractivity contribution >= 4 is 5.97 Å². The first-order valence-corrected chi connectivity index (χ1v) is 9.17. The molecule has 0 aliphatic carbocycles. The van der Waals surface area contributed by atoms with Gasteiger partial charge in [0.25, 0.3) is 5.56 Å². The number of carbonyl (C=O) groups excluding carboxylic acids is 1. The number of ether oxygens (including phenoxy) is 1. The summed E-state index contributed by atoms with van der Waals surface area (Å²) in [4.78, 5) is 32.3. The number of H-pyrrole nitrogens is 1. The van der Waals surface area contributed by atoms with E-state index < -0.39 is 11.9 Å². The van der Waals surface area contributed by atoms with Gasteiger partial charge in [-0.25, -0.2) is 4.98 Å². The number of aromatic nitrogens is 3. The summed E-state index contributed by atoms with van der Waals surface area (Å²) in [5.74, 6) is -1.33. The summed E-state index contributed by atoms with van der Waals surface area (Å²) >= 11 is 0. The minimum Gasteiger partial charge on any atom is -0.508 e. The second-order valence-corrected chi connectivity index (χ2v) is 6.79. The van der Waals surface area contributed by atoms with Crippen LogP contribution in [-0.4, -0.2) is 37.8 Å². The number of hydrogen-bond donors (Lipinski definition) is 3. The van der Waals surface area contributed by atoms with Crippen LogP contribution in [0.15, 0.2) is 47.7 Å². The number of phenols is 1. The summed E-state index contributed by atoms with van der Waals surface area (Å²) in [5, 5.41) is 20.2. The average molecular weight is 397 g/mol. The predicted molar refractivity (Wildman–Crippen MR) is 106 cm³/mol. The number of nitrogens with one attached hydrogen (secondary N) is 1. The number of hydrogen-bond acceptors (Lipinski definition) is 6. The molecule has 3 aromatic rings. The summed E-state index contributed by atoms with van der Waals surface area (Å²) in [7, 11) is 1.27. The van der Waals surface area contributed by atoms with Crippen LogP contribution in [-0.2, 0) is 22.5 Å². The fraction of sp³-hybridized carbons (Fsp3) is 0.286. The fourth-order valence-corrected chi connectivity index (χ4v) is 3.37. The number of methoxy groups -OCH3 is 1. The Bertz CT molecular complexity index is 1040. The minimum atomic E-state index is -0.713. The third kappa shape index (κ3) is 4.48. The van der Waals surface area contributed by atoms with Crippen LogP contribution in [0.3, 0.4) is 0 Å². The van der Waals surface area contributed by atoms with E-state index in [0.29, 0.717) is 24.2 Å². The van der Waals surface area contributed by atoms with E-state index in [4.69, 9.17) is 4.74 Å². The second-order valence-electron chi connectivity index (χ2n) is 6.79. The first-order valence-electron chi connectivity index (χ1n) is 9.17. The van der Waals surface area contributed by atoms with Crippen LogP contribution >= 0.6 is 0 Å². The SMILES string of the molecule is COC(=O)CC(c1ccc(O)cc1)c1c(O)cc(C)n(CCc2cnc[nH]2)c1=O. The van der Waals surface area contributed by atoms with Crippen LogP contribution in [0.25, 0.3) is 0 Å². The molecule has 1 unspecified atom stereocenters. The Hall–Kier alpha value is -3.55. The van der Waals surface area contributed by atoms with Crippen molar-refractivity contribution in [3.63, 3.8) is 0 Å². The molecular weight excluding hydrogens is 374 g/mol. The molecule has 0 saturated heterocycles. The lowest BCUT2D eigenvalue weighted by Gasteiger charge is -2.20. The van der Waals surface area contributed by atoms with Crippen LogP contribution in [0, 0.1) is 6.92 Å². The molecule has 29 heavy (non-hydrogen) atoms. The van der Waals surface area contributed by atoms with Crippen LogP contribution in [0.1, 0.15) is 34.9 Å². The third-order valence-corrected chi connectivity index (χ3v) is 4.92. The van der Waals surface area contributed by atoms with E-state index in [0.717, 1.165) is 5.69 Å². The number of pyridine rings is 1. The fourth-order valence-electron chi connectivity index (χ4n) is 3.37. The topological polar surface area (TPSA) is 117 Å². The largest absolute Gasteiger partial charge is 0.508 e. The number of benzene rings is 1. The molecule has 1 atom stereocenters. The number of aromatic amines is 1. The zero-order chi connectivity index (χ0) is 21.0. The van der Waals surface area contributed by atoms with Gasteiger partial charge in [-0.05, 0) is 30.7 Å². The van der Waals surface area contributed by atoms with Gasteiger partial charge in [0.15, 0.2) is 0 Å². The lowest BCUT2D eigenvalue weighted by molar-refractivity contribution is -0.140. The normalized spacial score (nSPS) is 11.9. The van der Waals surface area contributed by atoms with Gasteiger partial charge < -0.3 is 24.5 Å². The maximum absolute atomic E-state index is 13.3. The van der Waals surface area contributed by atoms with Gasteiger partial charge in [0.1, 0.15) is 11.5 Å². The van der Waals surface area contributed by atoms with Crippen molar-refractivity contribution in [2.75, 3.05) is 7.11 Å². The van der Waals surface area contributed by atoms with Gasteiger partial charge in [-0.2, -0.15) is 0 Å². The summed E-state index contributed by atoms with van der Waals surface area (Å²) in [6.07, 6.45) is 3.71. The Morgan fingerprint density at radius 3 is 2.62 bits per heavy atom. The molecule has 0 aliphatic rings. The van der Waals surface area contributed by atoms with Crippen LogP contribution < -0.4 is 5.56 Å². The monoisotopic (exact) mass is 397 g/mol. The quantitative estimate of drug-likeness (QED) is 0.526. The maximum Gasteiger partial charge on any atom is 0.306 e. The van der Waals surface area contributed by atoms with Crippen LogP contribution in [0.5, 0.6) is 11.5 Å². The van der Waals surface area contributed by atoms with Crippen molar-refractivity contribution in [1.82, 2.24) is 14.5 Å². The number of aryl methyl sites for hydroxylation is 2. The van der Waals surface area contributed by atoms with E-state index in [2.05, 4.69) is 9.97 Å². The number of imidazole rings is 1. The number of aromatic hydroxyl groups is 2. The van der Waals surface area contributed by atoms with Crippen molar-refractivity contribution in [3.8, 4) is 11.5 Å².